The van der Waals surface area contributed by atoms with E-state index in [4.69, 9.17) is 21.1 Å². The van der Waals surface area contributed by atoms with Crippen LogP contribution in [0, 0.1) is 6.92 Å². The van der Waals surface area contributed by atoms with Crippen LogP contribution in [0.4, 0.5) is 16.2 Å². The second-order valence-corrected chi connectivity index (χ2v) is 8.92. The predicted molar refractivity (Wildman–Crippen MR) is 126 cm³/mol. The van der Waals surface area contributed by atoms with Gasteiger partial charge in [-0.1, -0.05) is 22.9 Å². The normalized spacial score (nSPS) is 14.4. The fourth-order valence-corrected chi connectivity index (χ4v) is 4.22. The number of halogens is 1. The predicted octanol–water partition coefficient (Wildman–Crippen LogP) is 3.33. The summed E-state index contributed by atoms with van der Waals surface area (Å²) in [5.74, 6) is -0.667. The van der Waals surface area contributed by atoms with Crippen molar-refractivity contribution in [3.05, 3.63) is 64.5 Å². The molecule has 3 aromatic rings. The number of anilines is 2. The van der Waals surface area contributed by atoms with Gasteiger partial charge in [0.1, 0.15) is 6.61 Å². The molecule has 1 unspecified atom stereocenters. The van der Waals surface area contributed by atoms with E-state index in [1.807, 2.05) is 6.92 Å². The first-order chi connectivity index (χ1) is 16.4. The zero-order valence-electron chi connectivity index (χ0n) is 18.0. The Morgan fingerprint density at radius 1 is 1.26 bits per heavy atom. The molecule has 0 aliphatic carbocycles. The molecule has 0 radical (unpaired) electrons. The number of hydrogen-bond donors (Lipinski definition) is 2. The van der Waals surface area contributed by atoms with E-state index in [9.17, 15) is 14.4 Å². The lowest BCUT2D eigenvalue weighted by Gasteiger charge is -2.28. The van der Waals surface area contributed by atoms with Crippen molar-refractivity contribution in [2.45, 2.75) is 13.0 Å². The quantitative estimate of drug-likeness (QED) is 0.531. The summed E-state index contributed by atoms with van der Waals surface area (Å²) in [7, 11) is 0. The number of amides is 3. The Hall–Kier alpha value is -3.54. The average Bonchev–Trinajstić information content (AvgIpc) is 3.23. The molecule has 1 atom stereocenters. The van der Waals surface area contributed by atoms with E-state index < -0.39 is 18.0 Å². The number of thiophene rings is 1. The molecule has 0 saturated carbocycles. The van der Waals surface area contributed by atoms with Crippen molar-refractivity contribution in [3.8, 4) is 5.06 Å². The summed E-state index contributed by atoms with van der Waals surface area (Å²) >= 11 is 6.95. The molecule has 176 valence electrons. The minimum absolute atomic E-state index is 0.0389. The van der Waals surface area contributed by atoms with Crippen molar-refractivity contribution < 1.29 is 23.9 Å². The van der Waals surface area contributed by atoms with Gasteiger partial charge in [0.15, 0.2) is 11.1 Å². The van der Waals surface area contributed by atoms with E-state index >= 15 is 0 Å². The van der Waals surface area contributed by atoms with Gasteiger partial charge in [0.05, 0.1) is 22.8 Å². The molecule has 0 spiro atoms. The number of benzene rings is 1. The molecule has 34 heavy (non-hydrogen) atoms. The molecule has 12 heteroatoms. The third kappa shape index (κ3) is 5.68. The lowest BCUT2D eigenvalue weighted by molar-refractivity contribution is -0.125. The number of carbonyl (C=O) groups excluding carboxylic acids is 3. The van der Waals surface area contributed by atoms with Gasteiger partial charge >= 0.3 is 6.09 Å². The van der Waals surface area contributed by atoms with E-state index in [-0.39, 0.29) is 23.3 Å². The minimum atomic E-state index is -1.17. The molecule has 1 aromatic carbocycles. The molecule has 2 N–H and O–H groups in total. The van der Waals surface area contributed by atoms with Crippen LogP contribution < -0.4 is 20.3 Å². The van der Waals surface area contributed by atoms with Crippen molar-refractivity contribution >= 4 is 52.2 Å². The van der Waals surface area contributed by atoms with E-state index in [2.05, 4.69) is 20.6 Å². The zero-order valence-corrected chi connectivity index (χ0v) is 19.6. The Morgan fingerprint density at radius 3 is 2.79 bits per heavy atom. The number of aryl methyl sites for hydroxylation is 1. The second kappa shape index (κ2) is 10.6. The Morgan fingerprint density at radius 2 is 2.12 bits per heavy atom. The highest BCUT2D eigenvalue weighted by Crippen LogP contribution is 2.29. The smallest absolute Gasteiger partial charge is 0.399 e. The number of ether oxygens (including phenoxy) is 2. The van der Waals surface area contributed by atoms with E-state index in [1.165, 1.54) is 18.6 Å². The number of nitrogens with one attached hydrogen (secondary N) is 2. The van der Waals surface area contributed by atoms with Crippen LogP contribution in [0.15, 0.2) is 48.9 Å². The van der Waals surface area contributed by atoms with Crippen LogP contribution in [0.2, 0.25) is 4.34 Å². The van der Waals surface area contributed by atoms with Crippen molar-refractivity contribution in [1.29, 1.82) is 0 Å². The van der Waals surface area contributed by atoms with Gasteiger partial charge in [0, 0.05) is 30.3 Å². The summed E-state index contributed by atoms with van der Waals surface area (Å²) in [5.41, 5.74) is 2.26. The third-order valence-corrected chi connectivity index (χ3v) is 6.00. The lowest BCUT2D eigenvalue weighted by atomic mass is 10.1. The number of carbonyl (C=O) groups is 3. The first-order valence-corrected chi connectivity index (χ1v) is 11.4. The fraction of sp³-hybridized carbons (Fsp3) is 0.227. The molecule has 1 aliphatic rings. The molecule has 1 saturated heterocycles. The SMILES string of the molecule is Cc1cc(NC(=O)C(NC(=O)Oc2ccc(Cl)s2)c2cnccn2)ccc1N1CCOCC1=O. The van der Waals surface area contributed by atoms with Crippen molar-refractivity contribution in [1.82, 2.24) is 15.3 Å². The van der Waals surface area contributed by atoms with Crippen molar-refractivity contribution in [3.63, 3.8) is 0 Å². The van der Waals surface area contributed by atoms with Gasteiger partial charge in [0.2, 0.25) is 0 Å². The Balaban J connectivity index is 1.49. The lowest BCUT2D eigenvalue weighted by Crippen LogP contribution is -2.42. The highest BCUT2D eigenvalue weighted by Gasteiger charge is 2.26. The highest BCUT2D eigenvalue weighted by molar-refractivity contribution is 7.17. The van der Waals surface area contributed by atoms with Crippen LogP contribution in [0.3, 0.4) is 0 Å². The third-order valence-electron chi connectivity index (χ3n) is 4.89. The van der Waals surface area contributed by atoms with Gasteiger partial charge in [-0.15, -0.1) is 0 Å². The van der Waals surface area contributed by atoms with Gasteiger partial charge in [0.25, 0.3) is 11.8 Å². The van der Waals surface area contributed by atoms with Gasteiger partial charge in [-0.25, -0.2) is 4.79 Å². The molecular formula is C22H20ClN5O5S. The molecule has 4 rings (SSSR count). The Kier molecular flexibility index (Phi) is 7.36. The second-order valence-electron chi connectivity index (χ2n) is 7.24. The van der Waals surface area contributed by atoms with Crippen LogP contribution in [0.5, 0.6) is 5.06 Å². The molecule has 3 amide bonds. The summed E-state index contributed by atoms with van der Waals surface area (Å²) in [6, 6.07) is 7.16. The van der Waals surface area contributed by atoms with Crippen LogP contribution in [0.25, 0.3) is 0 Å². The number of aromatic nitrogens is 2. The summed E-state index contributed by atoms with van der Waals surface area (Å²) in [4.78, 5) is 47.4. The molecule has 0 bridgehead atoms. The number of morpholine rings is 1. The van der Waals surface area contributed by atoms with E-state index in [0.717, 1.165) is 22.6 Å². The molecule has 1 fully saturated rings. The first kappa shape index (κ1) is 23.6. The molecule has 10 nitrogen and oxygen atoms in total. The maximum absolute atomic E-state index is 13.1. The zero-order chi connectivity index (χ0) is 24.1. The summed E-state index contributed by atoms with van der Waals surface area (Å²) in [6.45, 7) is 2.80. The summed E-state index contributed by atoms with van der Waals surface area (Å²) in [5, 5.41) is 5.57. The monoisotopic (exact) mass is 501 g/mol. The highest BCUT2D eigenvalue weighted by atomic mass is 35.5. The summed E-state index contributed by atoms with van der Waals surface area (Å²) in [6.07, 6.45) is 3.41. The van der Waals surface area contributed by atoms with Gasteiger partial charge in [-0.2, -0.15) is 0 Å². The maximum atomic E-state index is 13.1. The topological polar surface area (TPSA) is 123 Å². The first-order valence-electron chi connectivity index (χ1n) is 10.2. The van der Waals surface area contributed by atoms with Crippen LogP contribution >= 0.6 is 22.9 Å². The minimum Gasteiger partial charge on any atom is -0.399 e. The van der Waals surface area contributed by atoms with Crippen LogP contribution in [-0.2, 0) is 14.3 Å². The standard InChI is InChI=1S/C22H20ClN5O5S/c1-13-10-14(2-3-16(13)28-8-9-32-12-18(28)29)26-21(30)20(15-11-24-6-7-25-15)27-22(31)33-19-5-4-17(23)34-19/h2-7,10-11,20H,8-9,12H2,1H3,(H,26,30)(H,27,31). The Bertz CT molecular complexity index is 1210. The number of rotatable bonds is 6. The molecule has 1 aliphatic heterocycles. The van der Waals surface area contributed by atoms with E-state index in [1.54, 1.807) is 35.2 Å². The van der Waals surface area contributed by atoms with E-state index in [0.29, 0.717) is 23.2 Å². The van der Waals surface area contributed by atoms with Gasteiger partial charge in [-0.05, 0) is 42.8 Å². The molecular weight excluding hydrogens is 482 g/mol. The van der Waals surface area contributed by atoms with Gasteiger partial charge in [-0.3, -0.25) is 19.6 Å². The van der Waals surface area contributed by atoms with Crippen molar-refractivity contribution in [2.75, 3.05) is 30.0 Å². The number of nitrogens with zero attached hydrogens (tertiary/aromatic N) is 3. The van der Waals surface area contributed by atoms with Crippen LogP contribution in [-0.4, -0.2) is 47.6 Å². The molecule has 2 aromatic heterocycles. The summed E-state index contributed by atoms with van der Waals surface area (Å²) < 4.78 is 10.8. The van der Waals surface area contributed by atoms with Crippen molar-refractivity contribution in [2.24, 2.45) is 0 Å². The maximum Gasteiger partial charge on any atom is 0.414 e. The van der Waals surface area contributed by atoms with Crippen LogP contribution in [0.1, 0.15) is 17.3 Å². The molecule has 3 heterocycles. The Labute approximate surface area is 203 Å². The fourth-order valence-electron chi connectivity index (χ4n) is 3.35. The van der Waals surface area contributed by atoms with Gasteiger partial charge < -0.3 is 25.0 Å². The largest absolute Gasteiger partial charge is 0.414 e. The average molecular weight is 502 g/mol. The number of hydrogen-bond acceptors (Lipinski definition) is 8.